The predicted octanol–water partition coefficient (Wildman–Crippen LogP) is 0.853. The number of carbonyl (C=O) groups excluding carboxylic acids is 1. The summed E-state index contributed by atoms with van der Waals surface area (Å²) in [6.07, 6.45) is -3.24. The molecule has 0 radical (unpaired) electrons. The van der Waals surface area contributed by atoms with Crippen LogP contribution in [0.25, 0.3) is 0 Å². The second-order valence-corrected chi connectivity index (χ2v) is 7.29. The molecule has 0 saturated carbocycles. The van der Waals surface area contributed by atoms with Gasteiger partial charge in [-0.15, -0.1) is 0 Å². The minimum atomic E-state index is -1.06. The highest BCUT2D eigenvalue weighted by Gasteiger charge is 2.51. The Morgan fingerprint density at radius 1 is 1.39 bits per heavy atom. The third-order valence-electron chi connectivity index (χ3n) is 4.62. The Labute approximate surface area is 161 Å². The zero-order chi connectivity index (χ0) is 20.5. The standard InChI is InChI=1S/C18H24N2O8/c1-10(21)19-14-15(22)16-13(9-26-18(2,3)28-16)27-17(14)25-8-11-4-6-12(7-5-11)20(23)24/h4-7,13-17,22H,8-9H2,1-3H3,(H,19,21)/t13-,14+,15+,16+,17-/m1/s1. The Bertz CT molecular complexity index is 723. The van der Waals surface area contributed by atoms with Crippen LogP contribution >= 0.6 is 0 Å². The molecule has 5 atom stereocenters. The predicted molar refractivity (Wildman–Crippen MR) is 95.1 cm³/mol. The third kappa shape index (κ3) is 4.65. The van der Waals surface area contributed by atoms with E-state index < -0.39 is 41.4 Å². The molecule has 0 aromatic heterocycles. The van der Waals surface area contributed by atoms with Crippen molar-refractivity contribution in [1.82, 2.24) is 5.32 Å². The molecule has 2 fully saturated rings. The zero-order valence-electron chi connectivity index (χ0n) is 15.9. The molecule has 2 aliphatic heterocycles. The van der Waals surface area contributed by atoms with Gasteiger partial charge in [-0.2, -0.15) is 0 Å². The number of hydrogen-bond acceptors (Lipinski definition) is 8. The van der Waals surface area contributed by atoms with Crippen molar-refractivity contribution in [2.45, 2.75) is 63.8 Å². The maximum Gasteiger partial charge on any atom is 0.269 e. The molecule has 10 nitrogen and oxygen atoms in total. The molecule has 2 aliphatic rings. The molecule has 154 valence electrons. The molecule has 3 rings (SSSR count). The number of rotatable bonds is 5. The number of non-ortho nitro benzene ring substituents is 1. The van der Waals surface area contributed by atoms with Crippen LogP contribution in [0.5, 0.6) is 0 Å². The van der Waals surface area contributed by atoms with E-state index in [0.29, 0.717) is 5.56 Å². The molecule has 0 spiro atoms. The highest BCUT2D eigenvalue weighted by Crippen LogP contribution is 2.33. The highest BCUT2D eigenvalue weighted by atomic mass is 16.8. The molecule has 1 amide bonds. The monoisotopic (exact) mass is 396 g/mol. The van der Waals surface area contributed by atoms with Gasteiger partial charge in [0.05, 0.1) is 18.1 Å². The summed E-state index contributed by atoms with van der Waals surface area (Å²) in [5.41, 5.74) is 0.663. The molecule has 2 heterocycles. The first-order valence-electron chi connectivity index (χ1n) is 8.93. The number of carbonyl (C=O) groups is 1. The van der Waals surface area contributed by atoms with Crippen molar-refractivity contribution < 1.29 is 33.8 Å². The Hall–Kier alpha value is -2.11. The second-order valence-electron chi connectivity index (χ2n) is 7.29. The minimum absolute atomic E-state index is 0.0221. The minimum Gasteiger partial charge on any atom is -0.388 e. The van der Waals surface area contributed by atoms with Crippen molar-refractivity contribution in [1.29, 1.82) is 0 Å². The van der Waals surface area contributed by atoms with Gasteiger partial charge in [-0.1, -0.05) is 0 Å². The van der Waals surface area contributed by atoms with Crippen molar-refractivity contribution >= 4 is 11.6 Å². The van der Waals surface area contributed by atoms with Crippen LogP contribution in [0.2, 0.25) is 0 Å². The molecule has 0 aliphatic carbocycles. The first-order valence-corrected chi connectivity index (χ1v) is 8.93. The first-order chi connectivity index (χ1) is 13.2. The molecule has 10 heteroatoms. The Morgan fingerprint density at radius 3 is 2.68 bits per heavy atom. The van der Waals surface area contributed by atoms with Crippen LogP contribution in [0, 0.1) is 10.1 Å². The lowest BCUT2D eigenvalue weighted by Gasteiger charge is -2.49. The molecule has 0 unspecified atom stereocenters. The number of amides is 1. The number of aliphatic hydroxyl groups is 1. The molecule has 2 saturated heterocycles. The van der Waals surface area contributed by atoms with Gasteiger partial charge in [0.25, 0.3) is 5.69 Å². The van der Waals surface area contributed by atoms with Gasteiger partial charge in [-0.05, 0) is 31.5 Å². The Morgan fingerprint density at radius 2 is 2.07 bits per heavy atom. The van der Waals surface area contributed by atoms with Crippen molar-refractivity contribution in [2.24, 2.45) is 0 Å². The molecule has 0 bridgehead atoms. The lowest BCUT2D eigenvalue weighted by molar-refractivity contribution is -0.384. The van der Waals surface area contributed by atoms with E-state index in [2.05, 4.69) is 5.32 Å². The fourth-order valence-electron chi connectivity index (χ4n) is 3.27. The number of hydrogen-bond donors (Lipinski definition) is 2. The topological polar surface area (TPSA) is 129 Å². The summed E-state index contributed by atoms with van der Waals surface area (Å²) in [7, 11) is 0. The summed E-state index contributed by atoms with van der Waals surface area (Å²) >= 11 is 0. The molecule has 2 N–H and O–H groups in total. The summed E-state index contributed by atoms with van der Waals surface area (Å²) in [4.78, 5) is 21.9. The van der Waals surface area contributed by atoms with E-state index in [1.807, 2.05) is 0 Å². The molecular formula is C18H24N2O8. The largest absolute Gasteiger partial charge is 0.388 e. The maximum atomic E-state index is 11.6. The van der Waals surface area contributed by atoms with Crippen LogP contribution < -0.4 is 5.32 Å². The fourth-order valence-corrected chi connectivity index (χ4v) is 3.27. The van der Waals surface area contributed by atoms with E-state index in [9.17, 15) is 20.0 Å². The zero-order valence-corrected chi connectivity index (χ0v) is 15.9. The smallest absolute Gasteiger partial charge is 0.269 e. The number of benzene rings is 1. The van der Waals surface area contributed by atoms with Gasteiger partial charge in [0.15, 0.2) is 12.1 Å². The van der Waals surface area contributed by atoms with Crippen molar-refractivity contribution in [2.75, 3.05) is 6.61 Å². The quantitative estimate of drug-likeness (QED) is 0.554. The van der Waals surface area contributed by atoms with Crippen LogP contribution in [0.3, 0.4) is 0 Å². The number of aliphatic hydroxyl groups excluding tert-OH is 1. The van der Waals surface area contributed by atoms with E-state index in [-0.39, 0.29) is 24.8 Å². The van der Waals surface area contributed by atoms with Crippen molar-refractivity contribution in [3.63, 3.8) is 0 Å². The van der Waals surface area contributed by atoms with Crippen LogP contribution in [-0.2, 0) is 30.3 Å². The van der Waals surface area contributed by atoms with E-state index in [1.165, 1.54) is 19.1 Å². The van der Waals surface area contributed by atoms with Crippen LogP contribution in [0.15, 0.2) is 24.3 Å². The van der Waals surface area contributed by atoms with Crippen LogP contribution in [-0.4, -0.2) is 59.0 Å². The number of nitro benzene ring substituents is 1. The molecular weight excluding hydrogens is 372 g/mol. The number of nitrogens with zero attached hydrogens (tertiary/aromatic N) is 1. The van der Waals surface area contributed by atoms with Gasteiger partial charge in [0.1, 0.15) is 24.4 Å². The summed E-state index contributed by atoms with van der Waals surface area (Å²) in [6, 6.07) is 5.06. The first kappa shape index (κ1) is 20.6. The van der Waals surface area contributed by atoms with Gasteiger partial charge in [-0.25, -0.2) is 0 Å². The van der Waals surface area contributed by atoms with E-state index >= 15 is 0 Å². The summed E-state index contributed by atoms with van der Waals surface area (Å²) < 4.78 is 23.0. The summed E-state index contributed by atoms with van der Waals surface area (Å²) in [5.74, 6) is -1.22. The number of fused-ring (bicyclic) bond motifs is 1. The fraction of sp³-hybridized carbons (Fsp3) is 0.611. The highest BCUT2D eigenvalue weighted by molar-refractivity contribution is 5.73. The number of nitro groups is 1. The van der Waals surface area contributed by atoms with Crippen molar-refractivity contribution in [3.05, 3.63) is 39.9 Å². The average Bonchev–Trinajstić information content (AvgIpc) is 2.63. The second kappa shape index (κ2) is 8.10. The SMILES string of the molecule is CC(=O)N[C@@H]1[C@H](OCc2ccc([N+](=O)[O-])cc2)O[C@@H]2COC(C)(C)O[C@@H]2[C@H]1O. The molecule has 1 aromatic rings. The molecule has 28 heavy (non-hydrogen) atoms. The van der Waals surface area contributed by atoms with Gasteiger partial charge >= 0.3 is 0 Å². The lowest BCUT2D eigenvalue weighted by atomic mass is 9.95. The lowest BCUT2D eigenvalue weighted by Crippen LogP contribution is -2.68. The van der Waals surface area contributed by atoms with E-state index in [1.54, 1.807) is 26.0 Å². The van der Waals surface area contributed by atoms with Crippen LogP contribution in [0.4, 0.5) is 5.69 Å². The summed E-state index contributed by atoms with van der Waals surface area (Å²) in [6.45, 7) is 5.09. The maximum absolute atomic E-state index is 11.6. The van der Waals surface area contributed by atoms with Gasteiger partial charge in [-0.3, -0.25) is 14.9 Å². The van der Waals surface area contributed by atoms with Crippen molar-refractivity contribution in [3.8, 4) is 0 Å². The average molecular weight is 396 g/mol. The van der Waals surface area contributed by atoms with Gasteiger partial charge in [0, 0.05) is 19.1 Å². The van der Waals surface area contributed by atoms with Gasteiger partial charge in [0.2, 0.25) is 5.91 Å². The number of ether oxygens (including phenoxy) is 4. The normalized spacial score (nSPS) is 31.6. The molecule has 1 aromatic carbocycles. The van der Waals surface area contributed by atoms with E-state index in [0.717, 1.165) is 0 Å². The Kier molecular flexibility index (Phi) is 5.96. The summed E-state index contributed by atoms with van der Waals surface area (Å²) in [5, 5.41) is 24.2. The number of nitrogens with one attached hydrogen (secondary N) is 1. The Balaban J connectivity index is 1.71. The third-order valence-corrected chi connectivity index (χ3v) is 4.62. The van der Waals surface area contributed by atoms with Crippen LogP contribution in [0.1, 0.15) is 26.3 Å². The van der Waals surface area contributed by atoms with Gasteiger partial charge < -0.3 is 29.4 Å². The van der Waals surface area contributed by atoms with E-state index in [4.69, 9.17) is 18.9 Å².